The van der Waals surface area contributed by atoms with Gasteiger partial charge in [0.2, 0.25) is 0 Å². The van der Waals surface area contributed by atoms with Crippen LogP contribution in [0.4, 0.5) is 5.69 Å². The summed E-state index contributed by atoms with van der Waals surface area (Å²) >= 11 is 0. The van der Waals surface area contributed by atoms with Crippen LogP contribution in [0.25, 0.3) is 22.6 Å². The highest BCUT2D eigenvalue weighted by Gasteiger charge is 2.08. The first-order chi connectivity index (χ1) is 15.0. The van der Waals surface area contributed by atoms with Crippen LogP contribution in [0, 0.1) is 0 Å². The van der Waals surface area contributed by atoms with Crippen LogP contribution in [-0.4, -0.2) is 54.9 Å². The number of aromatic nitrogens is 6. The zero-order chi connectivity index (χ0) is 21.8. The van der Waals surface area contributed by atoms with Gasteiger partial charge in [0.15, 0.2) is 5.82 Å². The summed E-state index contributed by atoms with van der Waals surface area (Å²) in [5.74, 6) is 0.593. The third kappa shape index (κ3) is 4.89. The van der Waals surface area contributed by atoms with Gasteiger partial charge in [-0.05, 0) is 17.7 Å². The number of hydrogen-bond acceptors (Lipinski definition) is 6. The van der Waals surface area contributed by atoms with Crippen molar-refractivity contribution in [1.82, 2.24) is 34.4 Å². The predicted octanol–water partition coefficient (Wildman–Crippen LogP) is 2.37. The molecule has 0 N–H and O–H groups in total. The first-order valence-corrected chi connectivity index (χ1v) is 9.67. The fourth-order valence-electron chi connectivity index (χ4n) is 2.97. The maximum absolute atomic E-state index is 12.4. The number of nitrogens with zero attached hydrogens (tertiary/aromatic N) is 8. The lowest BCUT2D eigenvalue weighted by atomic mass is 10.1. The van der Waals surface area contributed by atoms with Gasteiger partial charge in [-0.25, -0.2) is 19.6 Å². The maximum Gasteiger partial charge on any atom is 0.267 e. The molecule has 1 aromatic carbocycles. The number of benzene rings is 1. The van der Waals surface area contributed by atoms with Crippen LogP contribution < -0.4 is 5.56 Å². The molecule has 0 aliphatic heterocycles. The molecule has 0 saturated carbocycles. The van der Waals surface area contributed by atoms with Crippen molar-refractivity contribution in [3.63, 3.8) is 0 Å². The molecule has 4 aromatic rings. The van der Waals surface area contributed by atoms with Crippen LogP contribution in [0.15, 0.2) is 71.0 Å². The number of hydrogen-bond donors (Lipinski definition) is 0. The molecule has 0 saturated heterocycles. The molecule has 0 bridgehead atoms. The van der Waals surface area contributed by atoms with Crippen molar-refractivity contribution in [2.75, 3.05) is 14.1 Å². The van der Waals surface area contributed by atoms with Crippen molar-refractivity contribution in [3.8, 4) is 22.6 Å². The van der Waals surface area contributed by atoms with E-state index in [1.54, 1.807) is 35.7 Å². The smallest absolute Gasteiger partial charge is 0.267 e. The average Bonchev–Trinajstić information content (AvgIpc) is 3.21. The van der Waals surface area contributed by atoms with E-state index in [4.69, 9.17) is 0 Å². The number of rotatable bonds is 6. The summed E-state index contributed by atoms with van der Waals surface area (Å²) < 4.78 is 3.15. The van der Waals surface area contributed by atoms with Crippen molar-refractivity contribution >= 4 is 12.0 Å². The van der Waals surface area contributed by atoms with Crippen molar-refractivity contribution in [2.24, 2.45) is 12.0 Å². The van der Waals surface area contributed by atoms with Gasteiger partial charge in [0.05, 0.1) is 37.2 Å². The van der Waals surface area contributed by atoms with Gasteiger partial charge in [0.1, 0.15) is 5.69 Å². The third-order valence-electron chi connectivity index (χ3n) is 4.46. The summed E-state index contributed by atoms with van der Waals surface area (Å²) in [7, 11) is 5.64. The number of aryl methyl sites for hydroxylation is 1. The van der Waals surface area contributed by atoms with E-state index in [2.05, 4.69) is 25.2 Å². The summed E-state index contributed by atoms with van der Waals surface area (Å²) in [5.41, 5.74) is 3.84. The lowest BCUT2D eigenvalue weighted by Gasteiger charge is -2.08. The Balaban J connectivity index is 1.57. The van der Waals surface area contributed by atoms with Crippen LogP contribution in [-0.2, 0) is 13.6 Å². The van der Waals surface area contributed by atoms with E-state index in [0.717, 1.165) is 16.7 Å². The fourth-order valence-corrected chi connectivity index (χ4v) is 2.97. The van der Waals surface area contributed by atoms with Crippen LogP contribution in [0.3, 0.4) is 0 Å². The molecule has 0 spiro atoms. The number of aliphatic imine (C=N–C) groups is 1. The molecule has 156 valence electrons. The Labute approximate surface area is 179 Å². The van der Waals surface area contributed by atoms with Crippen molar-refractivity contribution in [2.45, 2.75) is 6.54 Å². The molecule has 0 radical (unpaired) electrons. The molecule has 3 heterocycles. The monoisotopic (exact) mass is 414 g/mol. The Morgan fingerprint density at radius 1 is 1.06 bits per heavy atom. The molecule has 0 atom stereocenters. The second kappa shape index (κ2) is 8.70. The highest BCUT2D eigenvalue weighted by molar-refractivity contribution is 5.61. The quantitative estimate of drug-likeness (QED) is 0.355. The molecule has 4 rings (SSSR count). The average molecular weight is 414 g/mol. The van der Waals surface area contributed by atoms with Gasteiger partial charge in [-0.3, -0.25) is 9.48 Å². The van der Waals surface area contributed by atoms with Crippen molar-refractivity contribution in [3.05, 3.63) is 77.1 Å². The standard InChI is InChI=1S/C22H22N8O/c1-28(2)15-25-19-11-23-22(24-12-19)17-6-4-5-16(9-17)13-30-21(31)8-7-20(27-30)18-10-26-29(3)14-18/h4-12,14-15H,13H2,1-3H3. The predicted molar refractivity (Wildman–Crippen MR) is 119 cm³/mol. The largest absolute Gasteiger partial charge is 0.369 e. The first-order valence-electron chi connectivity index (χ1n) is 9.67. The van der Waals surface area contributed by atoms with E-state index >= 15 is 0 Å². The van der Waals surface area contributed by atoms with Gasteiger partial charge >= 0.3 is 0 Å². The highest BCUT2D eigenvalue weighted by atomic mass is 16.1. The van der Waals surface area contributed by atoms with Crippen LogP contribution >= 0.6 is 0 Å². The van der Waals surface area contributed by atoms with E-state index in [-0.39, 0.29) is 5.56 Å². The zero-order valence-corrected chi connectivity index (χ0v) is 17.5. The van der Waals surface area contributed by atoms with Gasteiger partial charge in [-0.15, -0.1) is 0 Å². The van der Waals surface area contributed by atoms with Gasteiger partial charge in [0.25, 0.3) is 5.56 Å². The normalized spacial score (nSPS) is 11.2. The maximum atomic E-state index is 12.4. The summed E-state index contributed by atoms with van der Waals surface area (Å²) in [6.45, 7) is 0.339. The fraction of sp³-hybridized carbons (Fsp3) is 0.182. The zero-order valence-electron chi connectivity index (χ0n) is 17.5. The molecule has 9 heteroatoms. The minimum atomic E-state index is -0.169. The third-order valence-corrected chi connectivity index (χ3v) is 4.46. The Hall–Kier alpha value is -4.14. The molecule has 3 aromatic heterocycles. The highest BCUT2D eigenvalue weighted by Crippen LogP contribution is 2.19. The minimum Gasteiger partial charge on any atom is -0.369 e. The Morgan fingerprint density at radius 2 is 1.87 bits per heavy atom. The Kier molecular flexibility index (Phi) is 5.65. The summed E-state index contributed by atoms with van der Waals surface area (Å²) in [6, 6.07) is 11.0. The van der Waals surface area contributed by atoms with Crippen LogP contribution in [0.5, 0.6) is 0 Å². The molecule has 31 heavy (non-hydrogen) atoms. The van der Waals surface area contributed by atoms with E-state index < -0.39 is 0 Å². The summed E-state index contributed by atoms with van der Waals surface area (Å²) in [5, 5.41) is 8.66. The molecule has 0 aliphatic rings. The molecule has 0 aliphatic carbocycles. The van der Waals surface area contributed by atoms with Crippen molar-refractivity contribution in [1.29, 1.82) is 0 Å². The van der Waals surface area contributed by atoms with Gasteiger partial charge in [-0.2, -0.15) is 10.2 Å². The molecular weight excluding hydrogens is 392 g/mol. The van der Waals surface area contributed by atoms with Crippen molar-refractivity contribution < 1.29 is 0 Å². The Morgan fingerprint density at radius 3 is 2.58 bits per heavy atom. The van der Waals surface area contributed by atoms with Crippen LogP contribution in [0.2, 0.25) is 0 Å². The lowest BCUT2D eigenvalue weighted by molar-refractivity contribution is 0.643. The second-order valence-electron chi connectivity index (χ2n) is 7.29. The summed E-state index contributed by atoms with van der Waals surface area (Å²) in [4.78, 5) is 27.3. The Bertz CT molecular complexity index is 1270. The molecule has 9 nitrogen and oxygen atoms in total. The van der Waals surface area contributed by atoms with E-state index in [0.29, 0.717) is 23.8 Å². The molecule has 0 amide bonds. The lowest BCUT2D eigenvalue weighted by Crippen LogP contribution is -2.22. The molecular formula is C22H22N8O. The van der Waals surface area contributed by atoms with E-state index in [1.165, 1.54) is 10.7 Å². The van der Waals surface area contributed by atoms with E-state index in [1.807, 2.05) is 56.5 Å². The van der Waals surface area contributed by atoms with Gasteiger partial charge in [-0.1, -0.05) is 18.2 Å². The second-order valence-corrected chi connectivity index (χ2v) is 7.29. The first kappa shape index (κ1) is 20.1. The van der Waals surface area contributed by atoms with Gasteiger partial charge < -0.3 is 4.90 Å². The molecule has 0 fully saturated rings. The van der Waals surface area contributed by atoms with E-state index in [9.17, 15) is 4.79 Å². The SMILES string of the molecule is CN(C)C=Nc1cnc(-c2cccc(Cn3nc(-c4cnn(C)c4)ccc3=O)c2)nc1. The molecule has 0 unspecified atom stereocenters. The minimum absolute atomic E-state index is 0.169. The van der Waals surface area contributed by atoms with Gasteiger partial charge in [0, 0.05) is 44.5 Å². The summed E-state index contributed by atoms with van der Waals surface area (Å²) in [6.07, 6.45) is 8.64. The topological polar surface area (TPSA) is 94.1 Å². The van der Waals surface area contributed by atoms with Crippen LogP contribution in [0.1, 0.15) is 5.56 Å².